The first kappa shape index (κ1) is 18.6. The standard InChI is InChI=1S/C20H24FN5O2/c1-24-7-9-25(10-8-24)16-5-6-26-18(12-16)23-19(17(13-27)20(26)28)22-15-4-2-3-14(21)11-15/h2-6,12,14,22,27H,7-11,13H2,1H3. The number of aliphatic hydroxyl groups excluding tert-OH is 1. The largest absolute Gasteiger partial charge is 0.391 e. The number of nitrogens with one attached hydrogen (secondary N) is 1. The molecule has 0 saturated carbocycles. The van der Waals surface area contributed by atoms with E-state index >= 15 is 0 Å². The van der Waals surface area contributed by atoms with E-state index in [-0.39, 0.29) is 23.4 Å². The van der Waals surface area contributed by atoms with Crippen LogP contribution in [0.15, 0.2) is 47.0 Å². The minimum atomic E-state index is -1.07. The number of halogens is 1. The Balaban J connectivity index is 1.71. The molecule has 1 fully saturated rings. The average molecular weight is 385 g/mol. The van der Waals surface area contributed by atoms with Gasteiger partial charge in [-0.05, 0) is 19.2 Å². The number of allylic oxidation sites excluding steroid dienone is 4. The van der Waals surface area contributed by atoms with Crippen molar-refractivity contribution in [2.75, 3.05) is 43.4 Å². The molecule has 1 aliphatic carbocycles. The molecule has 0 bridgehead atoms. The van der Waals surface area contributed by atoms with Crippen LogP contribution >= 0.6 is 0 Å². The molecule has 1 aliphatic heterocycles. The van der Waals surface area contributed by atoms with E-state index < -0.39 is 12.8 Å². The molecule has 1 atom stereocenters. The van der Waals surface area contributed by atoms with Crippen molar-refractivity contribution in [3.8, 4) is 0 Å². The van der Waals surface area contributed by atoms with Crippen molar-refractivity contribution in [1.82, 2.24) is 14.3 Å². The Morgan fingerprint density at radius 2 is 2.11 bits per heavy atom. The monoisotopic (exact) mass is 385 g/mol. The Kier molecular flexibility index (Phi) is 5.15. The maximum Gasteiger partial charge on any atom is 0.265 e. The Bertz CT molecular complexity index is 992. The third-order valence-corrected chi connectivity index (χ3v) is 5.25. The summed E-state index contributed by atoms with van der Waals surface area (Å²) < 4.78 is 15.1. The predicted octanol–water partition coefficient (Wildman–Crippen LogP) is 1.53. The smallest absolute Gasteiger partial charge is 0.265 e. The fraction of sp³-hybridized carbons (Fsp3) is 0.400. The quantitative estimate of drug-likeness (QED) is 0.832. The lowest BCUT2D eigenvalue weighted by molar-refractivity contribution is 0.280. The molecule has 2 N–H and O–H groups in total. The zero-order valence-corrected chi connectivity index (χ0v) is 15.8. The van der Waals surface area contributed by atoms with Gasteiger partial charge in [0.1, 0.15) is 17.6 Å². The van der Waals surface area contributed by atoms with Gasteiger partial charge in [0.05, 0.1) is 12.2 Å². The van der Waals surface area contributed by atoms with Crippen LogP contribution in [0.2, 0.25) is 0 Å². The number of likely N-dealkylation sites (N-methyl/N-ethyl adjacent to an activating group) is 1. The summed E-state index contributed by atoms with van der Waals surface area (Å²) in [6.07, 6.45) is 5.67. The van der Waals surface area contributed by atoms with Gasteiger partial charge in [-0.25, -0.2) is 9.37 Å². The zero-order valence-electron chi connectivity index (χ0n) is 15.8. The maximum atomic E-state index is 13.6. The molecule has 0 spiro atoms. The summed E-state index contributed by atoms with van der Waals surface area (Å²) in [5, 5.41) is 12.7. The van der Waals surface area contributed by atoms with Gasteiger partial charge in [0, 0.05) is 56.2 Å². The van der Waals surface area contributed by atoms with Crippen molar-refractivity contribution in [1.29, 1.82) is 0 Å². The topological polar surface area (TPSA) is 73.1 Å². The van der Waals surface area contributed by atoms with Gasteiger partial charge in [0.25, 0.3) is 5.56 Å². The van der Waals surface area contributed by atoms with Crippen LogP contribution in [-0.2, 0) is 6.61 Å². The van der Waals surface area contributed by atoms with Gasteiger partial charge in [-0.1, -0.05) is 12.2 Å². The molecular weight excluding hydrogens is 361 g/mol. The highest BCUT2D eigenvalue weighted by molar-refractivity contribution is 5.61. The molecule has 3 heterocycles. The molecule has 28 heavy (non-hydrogen) atoms. The highest BCUT2D eigenvalue weighted by Gasteiger charge is 2.18. The van der Waals surface area contributed by atoms with Crippen molar-refractivity contribution < 1.29 is 9.50 Å². The highest BCUT2D eigenvalue weighted by atomic mass is 19.1. The molecule has 7 nitrogen and oxygen atoms in total. The summed E-state index contributed by atoms with van der Waals surface area (Å²) in [5.41, 5.74) is 1.95. The number of anilines is 2. The van der Waals surface area contributed by atoms with E-state index in [0.29, 0.717) is 11.3 Å². The second-order valence-corrected chi connectivity index (χ2v) is 7.23. The van der Waals surface area contributed by atoms with Crippen molar-refractivity contribution in [3.63, 3.8) is 0 Å². The number of fused-ring (bicyclic) bond motifs is 1. The SMILES string of the molecule is CN1CCN(c2ccn3c(=O)c(CO)c(NC4=CC=CC(F)C4)nc3c2)CC1. The van der Waals surface area contributed by atoms with Gasteiger partial charge >= 0.3 is 0 Å². The molecule has 0 radical (unpaired) electrons. The normalized spacial score (nSPS) is 20.5. The van der Waals surface area contributed by atoms with Gasteiger partial charge in [-0.15, -0.1) is 0 Å². The van der Waals surface area contributed by atoms with Crippen LogP contribution in [0.5, 0.6) is 0 Å². The Morgan fingerprint density at radius 3 is 2.82 bits per heavy atom. The van der Waals surface area contributed by atoms with E-state index in [1.807, 2.05) is 12.1 Å². The molecule has 2 aromatic heterocycles. The van der Waals surface area contributed by atoms with Gasteiger partial charge in [-0.3, -0.25) is 9.20 Å². The van der Waals surface area contributed by atoms with Crippen molar-refractivity contribution in [2.45, 2.75) is 19.2 Å². The lowest BCUT2D eigenvalue weighted by Gasteiger charge is -2.34. The third kappa shape index (κ3) is 3.65. The first-order chi connectivity index (χ1) is 13.5. The predicted molar refractivity (Wildman–Crippen MR) is 107 cm³/mol. The number of pyridine rings is 1. The molecule has 2 aromatic rings. The van der Waals surface area contributed by atoms with Crippen LogP contribution in [0.3, 0.4) is 0 Å². The van der Waals surface area contributed by atoms with Crippen molar-refractivity contribution in [3.05, 3.63) is 58.2 Å². The second-order valence-electron chi connectivity index (χ2n) is 7.23. The third-order valence-electron chi connectivity index (χ3n) is 5.25. The Labute approximate surface area is 162 Å². The molecule has 2 aliphatic rings. The summed E-state index contributed by atoms with van der Waals surface area (Å²) in [7, 11) is 2.10. The van der Waals surface area contributed by atoms with E-state index in [1.54, 1.807) is 18.3 Å². The number of aromatic nitrogens is 2. The molecule has 4 rings (SSSR count). The van der Waals surface area contributed by atoms with Gasteiger partial charge in [0.15, 0.2) is 0 Å². The van der Waals surface area contributed by atoms with Gasteiger partial charge < -0.3 is 20.2 Å². The molecule has 148 valence electrons. The van der Waals surface area contributed by atoms with Crippen LogP contribution in [0.4, 0.5) is 15.9 Å². The Morgan fingerprint density at radius 1 is 1.32 bits per heavy atom. The molecular formula is C20H24FN5O2. The molecule has 1 saturated heterocycles. The molecule has 0 aromatic carbocycles. The minimum Gasteiger partial charge on any atom is -0.391 e. The summed E-state index contributed by atoms with van der Waals surface area (Å²) >= 11 is 0. The van der Waals surface area contributed by atoms with E-state index in [2.05, 4.69) is 27.1 Å². The van der Waals surface area contributed by atoms with Gasteiger partial charge in [-0.2, -0.15) is 0 Å². The second kappa shape index (κ2) is 7.73. The van der Waals surface area contributed by atoms with Crippen LogP contribution in [0.25, 0.3) is 5.65 Å². The molecule has 8 heteroatoms. The number of nitrogens with zero attached hydrogens (tertiary/aromatic N) is 4. The zero-order chi connectivity index (χ0) is 19.7. The number of hydrogen-bond donors (Lipinski definition) is 2. The first-order valence-corrected chi connectivity index (χ1v) is 9.43. The van der Waals surface area contributed by atoms with Crippen molar-refractivity contribution >= 4 is 17.2 Å². The number of rotatable bonds is 4. The fourth-order valence-electron chi connectivity index (χ4n) is 3.55. The van der Waals surface area contributed by atoms with Crippen LogP contribution in [-0.4, -0.2) is 58.8 Å². The first-order valence-electron chi connectivity index (χ1n) is 9.43. The lowest BCUT2D eigenvalue weighted by Crippen LogP contribution is -2.44. The van der Waals surface area contributed by atoms with Crippen LogP contribution in [0, 0.1) is 0 Å². The summed E-state index contributed by atoms with van der Waals surface area (Å²) in [5.74, 6) is 0.275. The van der Waals surface area contributed by atoms with Gasteiger partial charge in [0.2, 0.25) is 0 Å². The minimum absolute atomic E-state index is 0.163. The van der Waals surface area contributed by atoms with E-state index in [4.69, 9.17) is 0 Å². The lowest BCUT2D eigenvalue weighted by atomic mass is 10.1. The Hall–Kier alpha value is -2.71. The number of aliphatic hydroxyl groups is 1. The average Bonchev–Trinajstić information content (AvgIpc) is 2.68. The van der Waals surface area contributed by atoms with E-state index in [9.17, 15) is 14.3 Å². The van der Waals surface area contributed by atoms with Crippen LogP contribution in [0.1, 0.15) is 12.0 Å². The number of alkyl halides is 1. The summed E-state index contributed by atoms with van der Waals surface area (Å²) in [4.78, 5) is 21.9. The fourth-order valence-corrected chi connectivity index (χ4v) is 3.55. The maximum absolute atomic E-state index is 13.6. The number of piperazine rings is 1. The molecule has 1 unspecified atom stereocenters. The number of hydrogen-bond acceptors (Lipinski definition) is 6. The van der Waals surface area contributed by atoms with Crippen LogP contribution < -0.4 is 15.8 Å². The highest BCUT2D eigenvalue weighted by Crippen LogP contribution is 2.22. The molecule has 0 amide bonds. The van der Waals surface area contributed by atoms with Crippen molar-refractivity contribution in [2.24, 2.45) is 0 Å². The summed E-state index contributed by atoms with van der Waals surface area (Å²) in [6, 6.07) is 3.78. The summed E-state index contributed by atoms with van der Waals surface area (Å²) in [6.45, 7) is 3.34. The van der Waals surface area contributed by atoms with E-state index in [0.717, 1.165) is 31.9 Å². The van der Waals surface area contributed by atoms with E-state index in [1.165, 1.54) is 10.5 Å².